The molecule has 23 heavy (non-hydrogen) atoms. The quantitative estimate of drug-likeness (QED) is 0.769. The summed E-state index contributed by atoms with van der Waals surface area (Å²) in [6.07, 6.45) is 0. The van der Waals surface area contributed by atoms with E-state index < -0.39 is 15.6 Å². The zero-order valence-corrected chi connectivity index (χ0v) is 13.1. The van der Waals surface area contributed by atoms with Crippen molar-refractivity contribution in [3.63, 3.8) is 0 Å². The van der Waals surface area contributed by atoms with E-state index in [1.165, 1.54) is 6.07 Å². The van der Waals surface area contributed by atoms with Gasteiger partial charge in [0.2, 0.25) is 0 Å². The molecule has 3 aromatic rings. The van der Waals surface area contributed by atoms with Crippen LogP contribution < -0.4 is 10.3 Å². The highest BCUT2D eigenvalue weighted by molar-refractivity contribution is 7.92. The van der Waals surface area contributed by atoms with Crippen LogP contribution in [0.4, 0.5) is 5.69 Å². The zero-order valence-electron chi connectivity index (χ0n) is 12.2. The van der Waals surface area contributed by atoms with Crippen LogP contribution in [0.2, 0.25) is 0 Å². The lowest BCUT2D eigenvalue weighted by atomic mass is 10.1. The molecule has 0 bridgehead atoms. The van der Waals surface area contributed by atoms with Gasteiger partial charge in [0.1, 0.15) is 0 Å². The van der Waals surface area contributed by atoms with Gasteiger partial charge in [0.15, 0.2) is 0 Å². The summed E-state index contributed by atoms with van der Waals surface area (Å²) in [5.74, 6) is 0. The van der Waals surface area contributed by atoms with Crippen molar-refractivity contribution < 1.29 is 12.9 Å². The maximum absolute atomic E-state index is 12.5. The van der Waals surface area contributed by atoms with Crippen molar-refractivity contribution in [3.05, 3.63) is 70.6 Å². The summed E-state index contributed by atoms with van der Waals surface area (Å²) in [7, 11) is -3.73. The van der Waals surface area contributed by atoms with E-state index in [0.29, 0.717) is 16.9 Å². The Kier molecular flexibility index (Phi) is 3.79. The third kappa shape index (κ3) is 3.19. The molecule has 0 unspecified atom stereocenters. The number of H-pyrrole nitrogens is 1. The molecule has 0 aliphatic rings. The van der Waals surface area contributed by atoms with Gasteiger partial charge in [0, 0.05) is 5.56 Å². The fraction of sp³-hybridized carbons (Fsp3) is 0.0625. The van der Waals surface area contributed by atoms with Gasteiger partial charge in [-0.15, -0.1) is 0 Å². The monoisotopic (exact) mass is 330 g/mol. The standard InChI is InChI=1S/C16H14N2O4S/c1-11-6-8-12(9-7-11)23(20,21)18-14-5-3-2-4-13(14)15-10-16(19)22-17-15/h2-10,17-18H,1H3. The van der Waals surface area contributed by atoms with E-state index in [1.807, 2.05) is 6.92 Å². The van der Waals surface area contributed by atoms with E-state index in [0.717, 1.165) is 5.56 Å². The predicted octanol–water partition coefficient (Wildman–Crippen LogP) is 2.74. The average molecular weight is 330 g/mol. The highest BCUT2D eigenvalue weighted by Gasteiger charge is 2.17. The molecule has 0 aliphatic carbocycles. The van der Waals surface area contributed by atoms with Gasteiger partial charge in [-0.05, 0) is 25.1 Å². The van der Waals surface area contributed by atoms with Crippen LogP contribution in [0.3, 0.4) is 0 Å². The van der Waals surface area contributed by atoms with Crippen molar-refractivity contribution >= 4 is 15.7 Å². The summed E-state index contributed by atoms with van der Waals surface area (Å²) in [4.78, 5) is 11.3. The van der Waals surface area contributed by atoms with E-state index in [1.54, 1.807) is 48.5 Å². The van der Waals surface area contributed by atoms with E-state index in [2.05, 4.69) is 14.4 Å². The number of nitrogens with one attached hydrogen (secondary N) is 2. The fourth-order valence-electron chi connectivity index (χ4n) is 2.14. The summed E-state index contributed by atoms with van der Waals surface area (Å²) in [6.45, 7) is 1.88. The summed E-state index contributed by atoms with van der Waals surface area (Å²) in [5.41, 5.74) is 1.72. The normalized spacial score (nSPS) is 11.3. The second kappa shape index (κ2) is 5.77. The lowest BCUT2D eigenvalue weighted by Gasteiger charge is -2.11. The van der Waals surface area contributed by atoms with Gasteiger partial charge in [-0.3, -0.25) is 4.72 Å². The number of aromatic nitrogens is 1. The van der Waals surface area contributed by atoms with Crippen LogP contribution in [0.5, 0.6) is 0 Å². The van der Waals surface area contributed by atoms with Crippen LogP contribution in [0.15, 0.2) is 68.8 Å². The lowest BCUT2D eigenvalue weighted by molar-refractivity contribution is 0.394. The number of sulfonamides is 1. The Morgan fingerprint density at radius 3 is 2.39 bits per heavy atom. The Labute approximate surface area is 132 Å². The first-order valence-electron chi connectivity index (χ1n) is 6.83. The van der Waals surface area contributed by atoms with Crippen molar-refractivity contribution in [1.82, 2.24) is 5.16 Å². The van der Waals surface area contributed by atoms with Gasteiger partial charge >= 0.3 is 5.63 Å². The Morgan fingerprint density at radius 1 is 1.04 bits per heavy atom. The van der Waals surface area contributed by atoms with Crippen LogP contribution in [-0.4, -0.2) is 13.6 Å². The minimum absolute atomic E-state index is 0.165. The first-order chi connectivity index (χ1) is 11.0. The molecule has 0 atom stereocenters. The first-order valence-corrected chi connectivity index (χ1v) is 8.31. The van der Waals surface area contributed by atoms with E-state index in [9.17, 15) is 13.2 Å². The molecular weight excluding hydrogens is 316 g/mol. The van der Waals surface area contributed by atoms with Crippen molar-refractivity contribution in [2.45, 2.75) is 11.8 Å². The molecule has 0 saturated heterocycles. The first kappa shape index (κ1) is 15.1. The molecule has 0 aliphatic heterocycles. The van der Waals surface area contributed by atoms with Crippen LogP contribution in [0.25, 0.3) is 11.3 Å². The minimum Gasteiger partial charge on any atom is -0.339 e. The number of benzene rings is 2. The largest absolute Gasteiger partial charge is 0.357 e. The second-order valence-corrected chi connectivity index (χ2v) is 6.73. The van der Waals surface area contributed by atoms with Gasteiger partial charge in [0.05, 0.1) is 22.3 Å². The second-order valence-electron chi connectivity index (χ2n) is 5.05. The van der Waals surface area contributed by atoms with Crippen LogP contribution >= 0.6 is 0 Å². The third-order valence-electron chi connectivity index (χ3n) is 3.32. The van der Waals surface area contributed by atoms with Crippen LogP contribution in [0, 0.1) is 6.92 Å². The summed E-state index contributed by atoms with van der Waals surface area (Å²) < 4.78 is 32.2. The minimum atomic E-state index is -3.73. The molecule has 1 aromatic heterocycles. The Bertz CT molecular complexity index is 985. The van der Waals surface area contributed by atoms with E-state index in [4.69, 9.17) is 0 Å². The lowest BCUT2D eigenvalue weighted by Crippen LogP contribution is -2.13. The zero-order chi connectivity index (χ0) is 16.4. The molecule has 2 aromatic carbocycles. The van der Waals surface area contributed by atoms with Crippen molar-refractivity contribution in [1.29, 1.82) is 0 Å². The van der Waals surface area contributed by atoms with Gasteiger partial charge in [-0.1, -0.05) is 35.9 Å². The molecule has 7 heteroatoms. The molecule has 6 nitrogen and oxygen atoms in total. The number of hydrogen-bond donors (Lipinski definition) is 2. The topological polar surface area (TPSA) is 92.2 Å². The third-order valence-corrected chi connectivity index (χ3v) is 4.70. The maximum atomic E-state index is 12.5. The highest BCUT2D eigenvalue weighted by Crippen LogP contribution is 2.27. The van der Waals surface area contributed by atoms with E-state index in [-0.39, 0.29) is 4.90 Å². The number of para-hydroxylation sites is 1. The predicted molar refractivity (Wildman–Crippen MR) is 86.8 cm³/mol. The van der Waals surface area contributed by atoms with Gasteiger partial charge in [-0.25, -0.2) is 18.4 Å². The smallest absolute Gasteiger partial charge is 0.339 e. The molecule has 0 amide bonds. The molecule has 0 fully saturated rings. The number of rotatable bonds is 4. The molecule has 0 spiro atoms. The fourth-order valence-corrected chi connectivity index (χ4v) is 3.22. The number of hydrogen-bond acceptors (Lipinski definition) is 4. The summed E-state index contributed by atoms with van der Waals surface area (Å²) in [6, 6.07) is 14.6. The van der Waals surface area contributed by atoms with Crippen LogP contribution in [-0.2, 0) is 10.0 Å². The van der Waals surface area contributed by atoms with Crippen LogP contribution in [0.1, 0.15) is 5.56 Å². The Morgan fingerprint density at radius 2 is 1.74 bits per heavy atom. The molecular formula is C16H14N2O4S. The van der Waals surface area contributed by atoms with Gasteiger partial charge in [-0.2, -0.15) is 0 Å². The number of aromatic amines is 1. The molecule has 1 heterocycles. The SMILES string of the molecule is Cc1ccc(S(=O)(=O)Nc2ccccc2-c2cc(=O)o[nH]2)cc1. The van der Waals surface area contributed by atoms with Gasteiger partial charge in [0.25, 0.3) is 10.0 Å². The number of aryl methyl sites for hydroxylation is 1. The molecule has 0 saturated carbocycles. The molecule has 118 valence electrons. The molecule has 3 rings (SSSR count). The Balaban J connectivity index is 2.00. The molecule has 0 radical (unpaired) electrons. The average Bonchev–Trinajstić information content (AvgIpc) is 2.94. The van der Waals surface area contributed by atoms with Crippen molar-refractivity contribution in [3.8, 4) is 11.3 Å². The maximum Gasteiger partial charge on any atom is 0.357 e. The summed E-state index contributed by atoms with van der Waals surface area (Å²) in [5, 5.41) is 2.47. The summed E-state index contributed by atoms with van der Waals surface area (Å²) >= 11 is 0. The number of anilines is 1. The highest BCUT2D eigenvalue weighted by atomic mass is 32.2. The van der Waals surface area contributed by atoms with Crippen molar-refractivity contribution in [2.75, 3.05) is 4.72 Å². The van der Waals surface area contributed by atoms with Gasteiger partial charge < -0.3 is 4.52 Å². The van der Waals surface area contributed by atoms with Crippen molar-refractivity contribution in [2.24, 2.45) is 0 Å². The Hall–Kier alpha value is -2.80. The van der Waals surface area contributed by atoms with E-state index >= 15 is 0 Å². The molecule has 2 N–H and O–H groups in total.